The first-order valence-electron chi connectivity index (χ1n) is 7.96. The van der Waals surface area contributed by atoms with Crippen LogP contribution in [0.3, 0.4) is 0 Å². The minimum Gasteiger partial charge on any atom is -0.481 e. The molecule has 0 aromatic rings. The summed E-state index contributed by atoms with van der Waals surface area (Å²) in [5, 5.41) is 9.58. The standard InChI is InChI=1S/C15H29N3O2/c1-3-17-6-4-13(5-7-17)14(15(19)20)12-18-10-8-16(2)9-11-18/h13-14H,3-12H2,1-2H3,(H,19,20). The lowest BCUT2D eigenvalue weighted by Gasteiger charge is -2.38. The molecule has 0 aromatic carbocycles. The largest absolute Gasteiger partial charge is 0.481 e. The number of piperidine rings is 1. The third-order valence-corrected chi connectivity index (χ3v) is 5.02. The highest BCUT2D eigenvalue weighted by molar-refractivity contribution is 5.70. The number of nitrogens with zero attached hydrogens (tertiary/aromatic N) is 3. The molecule has 2 saturated heterocycles. The number of carbonyl (C=O) groups is 1. The number of carboxylic acids is 1. The summed E-state index contributed by atoms with van der Waals surface area (Å²) in [6.45, 7) is 10.3. The summed E-state index contributed by atoms with van der Waals surface area (Å²) in [5.74, 6) is -0.425. The number of likely N-dealkylation sites (tertiary alicyclic amines) is 1. The molecule has 2 heterocycles. The Balaban J connectivity index is 1.86. The first-order valence-corrected chi connectivity index (χ1v) is 7.96. The molecular formula is C15H29N3O2. The van der Waals surface area contributed by atoms with E-state index < -0.39 is 5.97 Å². The predicted molar refractivity (Wildman–Crippen MR) is 79.9 cm³/mol. The van der Waals surface area contributed by atoms with Gasteiger partial charge in [-0.25, -0.2) is 0 Å². The minimum absolute atomic E-state index is 0.183. The molecule has 20 heavy (non-hydrogen) atoms. The van der Waals surface area contributed by atoms with E-state index >= 15 is 0 Å². The highest BCUT2D eigenvalue weighted by atomic mass is 16.4. The van der Waals surface area contributed by atoms with Crippen LogP contribution in [0.2, 0.25) is 0 Å². The summed E-state index contributed by atoms with van der Waals surface area (Å²) < 4.78 is 0. The summed E-state index contributed by atoms with van der Waals surface area (Å²) in [7, 11) is 2.13. The van der Waals surface area contributed by atoms with E-state index in [2.05, 4.69) is 28.7 Å². The number of rotatable bonds is 5. The van der Waals surface area contributed by atoms with Crippen molar-refractivity contribution in [2.24, 2.45) is 11.8 Å². The van der Waals surface area contributed by atoms with Crippen LogP contribution in [0.15, 0.2) is 0 Å². The van der Waals surface area contributed by atoms with Crippen LogP contribution in [0, 0.1) is 11.8 Å². The van der Waals surface area contributed by atoms with Crippen molar-refractivity contribution in [1.82, 2.24) is 14.7 Å². The van der Waals surface area contributed by atoms with E-state index in [-0.39, 0.29) is 5.92 Å². The number of likely N-dealkylation sites (N-methyl/N-ethyl adjacent to an activating group) is 1. The van der Waals surface area contributed by atoms with Gasteiger partial charge in [0.25, 0.3) is 0 Å². The van der Waals surface area contributed by atoms with Gasteiger partial charge in [0.15, 0.2) is 0 Å². The second-order valence-corrected chi connectivity index (χ2v) is 6.32. The van der Waals surface area contributed by atoms with E-state index in [1.807, 2.05) is 0 Å². The van der Waals surface area contributed by atoms with Gasteiger partial charge in [-0.15, -0.1) is 0 Å². The van der Waals surface area contributed by atoms with Crippen molar-refractivity contribution < 1.29 is 9.90 Å². The van der Waals surface area contributed by atoms with Gasteiger partial charge in [0.05, 0.1) is 5.92 Å². The molecule has 0 radical (unpaired) electrons. The Kier molecular flexibility index (Phi) is 5.81. The van der Waals surface area contributed by atoms with Crippen LogP contribution in [-0.2, 0) is 4.79 Å². The first-order chi connectivity index (χ1) is 9.60. The van der Waals surface area contributed by atoms with Gasteiger partial charge in [0.2, 0.25) is 0 Å². The van der Waals surface area contributed by atoms with E-state index in [1.54, 1.807) is 0 Å². The average molecular weight is 283 g/mol. The van der Waals surface area contributed by atoms with Gasteiger partial charge in [-0.05, 0) is 45.4 Å². The Morgan fingerprint density at radius 3 is 2.20 bits per heavy atom. The van der Waals surface area contributed by atoms with E-state index in [9.17, 15) is 9.90 Å². The second-order valence-electron chi connectivity index (χ2n) is 6.32. The van der Waals surface area contributed by atoms with Crippen LogP contribution < -0.4 is 0 Å². The maximum Gasteiger partial charge on any atom is 0.308 e. The van der Waals surface area contributed by atoms with Crippen molar-refractivity contribution in [2.45, 2.75) is 19.8 Å². The van der Waals surface area contributed by atoms with Gasteiger partial charge < -0.3 is 14.9 Å². The molecule has 1 N–H and O–H groups in total. The third-order valence-electron chi connectivity index (χ3n) is 5.02. The zero-order valence-corrected chi connectivity index (χ0v) is 12.9. The lowest BCUT2D eigenvalue weighted by atomic mass is 9.83. The van der Waals surface area contributed by atoms with Crippen molar-refractivity contribution in [3.63, 3.8) is 0 Å². The number of aliphatic carboxylic acids is 1. The van der Waals surface area contributed by atoms with Crippen molar-refractivity contribution >= 4 is 5.97 Å². The fourth-order valence-electron chi connectivity index (χ4n) is 3.41. The van der Waals surface area contributed by atoms with Crippen LogP contribution in [0.1, 0.15) is 19.8 Å². The Labute approximate surface area is 122 Å². The fourth-order valence-corrected chi connectivity index (χ4v) is 3.41. The zero-order chi connectivity index (χ0) is 14.5. The molecule has 5 nitrogen and oxygen atoms in total. The molecule has 2 rings (SSSR count). The Morgan fingerprint density at radius 2 is 1.70 bits per heavy atom. The lowest BCUT2D eigenvalue weighted by molar-refractivity contribution is -0.145. The average Bonchev–Trinajstić information content (AvgIpc) is 2.46. The minimum atomic E-state index is -0.598. The summed E-state index contributed by atoms with van der Waals surface area (Å²) in [5.41, 5.74) is 0. The van der Waals surface area contributed by atoms with Crippen molar-refractivity contribution in [3.8, 4) is 0 Å². The normalized spacial score (nSPS) is 25.7. The Morgan fingerprint density at radius 1 is 1.10 bits per heavy atom. The first kappa shape index (κ1) is 15.7. The van der Waals surface area contributed by atoms with Crippen LogP contribution in [0.4, 0.5) is 0 Å². The predicted octanol–water partition coefficient (Wildman–Crippen LogP) is 0.667. The molecule has 0 aliphatic carbocycles. The highest BCUT2D eigenvalue weighted by Gasteiger charge is 2.32. The molecule has 1 unspecified atom stereocenters. The maximum atomic E-state index is 11.6. The molecule has 1 atom stereocenters. The SMILES string of the molecule is CCN1CCC(C(CN2CCN(C)CC2)C(=O)O)CC1. The van der Waals surface area contributed by atoms with E-state index in [4.69, 9.17) is 0 Å². The van der Waals surface area contributed by atoms with Gasteiger partial charge >= 0.3 is 5.97 Å². The van der Waals surface area contributed by atoms with Gasteiger partial charge in [-0.2, -0.15) is 0 Å². The smallest absolute Gasteiger partial charge is 0.308 e. The summed E-state index contributed by atoms with van der Waals surface area (Å²) in [6, 6.07) is 0. The molecule has 5 heteroatoms. The molecule has 116 valence electrons. The molecule has 0 amide bonds. The van der Waals surface area contributed by atoms with Crippen LogP contribution in [0.5, 0.6) is 0 Å². The number of carboxylic acid groups (broad SMARTS) is 1. The van der Waals surface area contributed by atoms with Crippen LogP contribution >= 0.6 is 0 Å². The molecule has 0 aromatic heterocycles. The lowest BCUT2D eigenvalue weighted by Crippen LogP contribution is -2.49. The van der Waals surface area contributed by atoms with Gasteiger partial charge in [0, 0.05) is 32.7 Å². The third kappa shape index (κ3) is 4.17. The van der Waals surface area contributed by atoms with Crippen LogP contribution in [0.25, 0.3) is 0 Å². The molecule has 2 aliphatic heterocycles. The molecule has 2 aliphatic rings. The molecular weight excluding hydrogens is 254 g/mol. The second kappa shape index (κ2) is 7.38. The number of hydrogen-bond donors (Lipinski definition) is 1. The van der Waals surface area contributed by atoms with Gasteiger partial charge in [-0.1, -0.05) is 6.92 Å². The number of hydrogen-bond acceptors (Lipinski definition) is 4. The van der Waals surface area contributed by atoms with Crippen LogP contribution in [-0.4, -0.2) is 85.2 Å². The summed E-state index contributed by atoms with van der Waals surface area (Å²) in [4.78, 5) is 18.7. The van der Waals surface area contributed by atoms with Crippen molar-refractivity contribution in [2.75, 3.05) is 59.4 Å². The van der Waals surface area contributed by atoms with Gasteiger partial charge in [0.1, 0.15) is 0 Å². The zero-order valence-electron chi connectivity index (χ0n) is 12.9. The van der Waals surface area contributed by atoms with Crippen molar-refractivity contribution in [1.29, 1.82) is 0 Å². The summed E-state index contributed by atoms with van der Waals surface area (Å²) in [6.07, 6.45) is 2.08. The molecule has 0 bridgehead atoms. The fraction of sp³-hybridized carbons (Fsp3) is 0.933. The topological polar surface area (TPSA) is 47.0 Å². The van der Waals surface area contributed by atoms with E-state index in [0.717, 1.165) is 65.2 Å². The summed E-state index contributed by atoms with van der Waals surface area (Å²) >= 11 is 0. The maximum absolute atomic E-state index is 11.6. The number of piperazine rings is 1. The Bertz CT molecular complexity index is 308. The highest BCUT2D eigenvalue weighted by Crippen LogP contribution is 2.26. The quantitative estimate of drug-likeness (QED) is 0.803. The van der Waals surface area contributed by atoms with E-state index in [1.165, 1.54) is 0 Å². The Hall–Kier alpha value is -0.650. The monoisotopic (exact) mass is 283 g/mol. The van der Waals surface area contributed by atoms with Crippen molar-refractivity contribution in [3.05, 3.63) is 0 Å². The molecule has 0 saturated carbocycles. The van der Waals surface area contributed by atoms with E-state index in [0.29, 0.717) is 5.92 Å². The van der Waals surface area contributed by atoms with Gasteiger partial charge in [-0.3, -0.25) is 9.69 Å². The molecule has 0 spiro atoms. The molecule has 2 fully saturated rings.